The van der Waals surface area contributed by atoms with Crippen LogP contribution < -0.4 is 0 Å². The van der Waals surface area contributed by atoms with Gasteiger partial charge >= 0.3 is 5.97 Å². The van der Waals surface area contributed by atoms with Gasteiger partial charge in [0.15, 0.2) is 0 Å². The Kier molecular flexibility index (Phi) is 7.15. The highest BCUT2D eigenvalue weighted by Crippen LogP contribution is 2.10. The molecule has 4 nitrogen and oxygen atoms in total. The summed E-state index contributed by atoms with van der Waals surface area (Å²) < 4.78 is 0. The number of carboxylic acids is 1. The molecular weight excluding hydrogens is 274 g/mol. The summed E-state index contributed by atoms with van der Waals surface area (Å²) >= 11 is 1.59. The predicted octanol–water partition coefficient (Wildman–Crippen LogP) is 2.14. The van der Waals surface area contributed by atoms with Crippen molar-refractivity contribution in [2.75, 3.05) is 25.1 Å². The third-order valence-corrected chi connectivity index (χ3v) is 3.82. The number of rotatable bonds is 8. The van der Waals surface area contributed by atoms with Crippen molar-refractivity contribution in [3.63, 3.8) is 0 Å². The molecule has 0 saturated heterocycles. The Morgan fingerprint density at radius 1 is 1.30 bits per heavy atom. The molecule has 5 heteroatoms. The maximum absolute atomic E-state index is 12.2. The van der Waals surface area contributed by atoms with Crippen LogP contribution in [0.2, 0.25) is 0 Å². The van der Waals surface area contributed by atoms with Gasteiger partial charge in [0.25, 0.3) is 0 Å². The van der Waals surface area contributed by atoms with Crippen LogP contribution in [0, 0.1) is 5.92 Å². The van der Waals surface area contributed by atoms with Crippen molar-refractivity contribution in [1.82, 2.24) is 4.90 Å². The van der Waals surface area contributed by atoms with Crippen LogP contribution in [-0.2, 0) is 16.0 Å². The summed E-state index contributed by atoms with van der Waals surface area (Å²) in [5.74, 6) is -0.499. The quantitative estimate of drug-likeness (QED) is 0.798. The molecule has 0 aliphatic carbocycles. The number of carbonyl (C=O) groups excluding carboxylic acids is 1. The van der Waals surface area contributed by atoms with Gasteiger partial charge in [-0.05, 0) is 18.2 Å². The summed E-state index contributed by atoms with van der Waals surface area (Å²) in [6.45, 7) is 2.05. The van der Waals surface area contributed by atoms with E-state index in [0.29, 0.717) is 18.7 Å². The molecule has 1 amide bonds. The fourth-order valence-corrected chi connectivity index (χ4v) is 2.61. The average molecular weight is 295 g/mol. The van der Waals surface area contributed by atoms with Crippen molar-refractivity contribution in [1.29, 1.82) is 0 Å². The molecule has 110 valence electrons. The molecule has 0 aliphatic rings. The number of hydrogen-bond donors (Lipinski definition) is 1. The first kappa shape index (κ1) is 16.6. The maximum Gasteiger partial charge on any atom is 0.323 e. The molecule has 0 radical (unpaired) electrons. The second-order valence-corrected chi connectivity index (χ2v) is 5.66. The molecule has 1 unspecified atom stereocenters. The van der Waals surface area contributed by atoms with Gasteiger partial charge in [-0.25, -0.2) is 0 Å². The van der Waals surface area contributed by atoms with Gasteiger partial charge in [-0.3, -0.25) is 9.59 Å². The third-order valence-electron chi connectivity index (χ3n) is 2.99. The first-order chi connectivity index (χ1) is 9.54. The Labute approximate surface area is 124 Å². The minimum atomic E-state index is -0.970. The van der Waals surface area contributed by atoms with Gasteiger partial charge in [0.05, 0.1) is 0 Å². The van der Waals surface area contributed by atoms with Crippen molar-refractivity contribution in [3.05, 3.63) is 35.9 Å². The van der Waals surface area contributed by atoms with E-state index in [2.05, 4.69) is 0 Å². The molecule has 0 aromatic heterocycles. The molecule has 1 rings (SSSR count). The van der Waals surface area contributed by atoms with Gasteiger partial charge < -0.3 is 10.0 Å². The second-order valence-electron chi connectivity index (χ2n) is 4.75. The van der Waals surface area contributed by atoms with Crippen LogP contribution in [0.25, 0.3) is 0 Å². The van der Waals surface area contributed by atoms with Crippen LogP contribution in [0.15, 0.2) is 30.3 Å². The molecule has 1 aromatic carbocycles. The fraction of sp³-hybridized carbons (Fsp3) is 0.467. The first-order valence-corrected chi connectivity index (χ1v) is 7.97. The summed E-state index contributed by atoms with van der Waals surface area (Å²) in [7, 11) is 0. The fourth-order valence-electron chi connectivity index (χ4n) is 1.97. The van der Waals surface area contributed by atoms with Crippen LogP contribution in [0.1, 0.15) is 12.5 Å². The van der Waals surface area contributed by atoms with Crippen LogP contribution in [0.5, 0.6) is 0 Å². The van der Waals surface area contributed by atoms with Gasteiger partial charge in [0, 0.05) is 18.2 Å². The Morgan fingerprint density at radius 2 is 1.95 bits per heavy atom. The topological polar surface area (TPSA) is 57.6 Å². The molecule has 0 aliphatic heterocycles. The molecule has 1 N–H and O–H groups in total. The maximum atomic E-state index is 12.2. The number of thioether (sulfide) groups is 1. The smallest absolute Gasteiger partial charge is 0.323 e. The number of carbonyl (C=O) groups is 2. The summed E-state index contributed by atoms with van der Waals surface area (Å²) in [5, 5.41) is 8.94. The lowest BCUT2D eigenvalue weighted by molar-refractivity contribution is -0.145. The molecule has 0 heterocycles. The third kappa shape index (κ3) is 5.65. The van der Waals surface area contributed by atoms with E-state index in [0.717, 1.165) is 5.56 Å². The molecule has 0 bridgehead atoms. The van der Waals surface area contributed by atoms with Crippen molar-refractivity contribution in [3.8, 4) is 0 Å². The summed E-state index contributed by atoms with van der Waals surface area (Å²) in [5.41, 5.74) is 1.10. The lowest BCUT2D eigenvalue weighted by Gasteiger charge is -2.24. The number of carboxylic acid groups (broad SMARTS) is 1. The van der Waals surface area contributed by atoms with E-state index in [9.17, 15) is 9.59 Å². The molecule has 0 saturated carbocycles. The highest BCUT2D eigenvalue weighted by atomic mass is 32.2. The molecule has 0 spiro atoms. The molecule has 20 heavy (non-hydrogen) atoms. The van der Waals surface area contributed by atoms with E-state index in [-0.39, 0.29) is 18.4 Å². The number of amides is 1. The van der Waals surface area contributed by atoms with Crippen molar-refractivity contribution in [2.24, 2.45) is 5.92 Å². The van der Waals surface area contributed by atoms with Crippen LogP contribution >= 0.6 is 11.8 Å². The van der Waals surface area contributed by atoms with E-state index in [1.807, 2.05) is 43.5 Å². The lowest BCUT2D eigenvalue weighted by Crippen LogP contribution is -2.40. The van der Waals surface area contributed by atoms with Gasteiger partial charge in [0.1, 0.15) is 6.54 Å². The monoisotopic (exact) mass is 295 g/mol. The summed E-state index contributed by atoms with van der Waals surface area (Å²) in [4.78, 5) is 24.6. The normalized spacial score (nSPS) is 11.9. The number of aliphatic carboxylic acids is 1. The predicted molar refractivity (Wildman–Crippen MR) is 81.9 cm³/mol. The van der Waals surface area contributed by atoms with Crippen LogP contribution in [0.3, 0.4) is 0 Å². The number of benzene rings is 1. The van der Waals surface area contributed by atoms with Crippen molar-refractivity contribution in [2.45, 2.75) is 13.3 Å². The molecular formula is C15H21NO3S. The Balaban J connectivity index is 2.64. The summed E-state index contributed by atoms with van der Waals surface area (Å²) in [6, 6.07) is 9.78. The Hall–Kier alpha value is -1.49. The van der Waals surface area contributed by atoms with E-state index >= 15 is 0 Å². The van der Waals surface area contributed by atoms with Crippen molar-refractivity contribution < 1.29 is 14.7 Å². The lowest BCUT2D eigenvalue weighted by atomic mass is 10.1. The summed E-state index contributed by atoms with van der Waals surface area (Å²) in [6.07, 6.45) is 2.61. The van der Waals surface area contributed by atoms with Gasteiger partial charge in [-0.2, -0.15) is 11.8 Å². The van der Waals surface area contributed by atoms with Crippen LogP contribution in [0.4, 0.5) is 0 Å². The Morgan fingerprint density at radius 3 is 2.50 bits per heavy atom. The molecule has 1 atom stereocenters. The zero-order chi connectivity index (χ0) is 15.0. The average Bonchev–Trinajstić information content (AvgIpc) is 2.43. The van der Waals surface area contributed by atoms with Crippen LogP contribution in [-0.4, -0.2) is 47.0 Å². The zero-order valence-electron chi connectivity index (χ0n) is 11.9. The van der Waals surface area contributed by atoms with Crippen molar-refractivity contribution >= 4 is 23.6 Å². The van der Waals surface area contributed by atoms with Gasteiger partial charge in [-0.15, -0.1) is 0 Å². The number of nitrogens with zero attached hydrogens (tertiary/aromatic N) is 1. The largest absolute Gasteiger partial charge is 0.480 e. The Bertz CT molecular complexity index is 436. The minimum Gasteiger partial charge on any atom is -0.480 e. The van der Waals surface area contributed by atoms with E-state index < -0.39 is 5.97 Å². The van der Waals surface area contributed by atoms with Gasteiger partial charge in [0.2, 0.25) is 5.91 Å². The molecule has 0 fully saturated rings. The standard InChI is InChI=1S/C15H21NO3S/c1-12(11-20-2)15(19)16(10-14(17)18)9-8-13-6-4-3-5-7-13/h3-7,12H,8-11H2,1-2H3,(H,17,18). The second kappa shape index (κ2) is 8.64. The van der Waals surface area contributed by atoms with E-state index in [1.165, 1.54) is 4.90 Å². The zero-order valence-corrected chi connectivity index (χ0v) is 12.7. The SMILES string of the molecule is CSCC(C)C(=O)N(CCc1ccccc1)CC(=O)O. The highest BCUT2D eigenvalue weighted by molar-refractivity contribution is 7.98. The minimum absolute atomic E-state index is 0.0855. The van der Waals surface area contributed by atoms with Gasteiger partial charge in [-0.1, -0.05) is 37.3 Å². The highest BCUT2D eigenvalue weighted by Gasteiger charge is 2.21. The van der Waals surface area contributed by atoms with E-state index in [1.54, 1.807) is 11.8 Å². The molecule has 1 aromatic rings. The first-order valence-electron chi connectivity index (χ1n) is 6.58. The van der Waals surface area contributed by atoms with E-state index in [4.69, 9.17) is 5.11 Å². The number of hydrogen-bond acceptors (Lipinski definition) is 3.